The number of hydrogen-bond donors (Lipinski definition) is 1. The van der Waals surface area contributed by atoms with Crippen molar-refractivity contribution < 1.29 is 18.8 Å². The van der Waals surface area contributed by atoms with Gasteiger partial charge in [0.25, 0.3) is 5.91 Å². The predicted molar refractivity (Wildman–Crippen MR) is 104 cm³/mol. The zero-order valence-electron chi connectivity index (χ0n) is 15.6. The van der Waals surface area contributed by atoms with E-state index < -0.39 is 0 Å². The maximum Gasteiger partial charge on any atom is 0.251 e. The second-order valence-electron chi connectivity index (χ2n) is 6.04. The molecule has 2 heterocycles. The third-order valence-electron chi connectivity index (χ3n) is 4.22. The Morgan fingerprint density at radius 3 is 2.78 bits per heavy atom. The van der Waals surface area contributed by atoms with Crippen molar-refractivity contribution in [1.29, 1.82) is 0 Å². The normalized spacial score (nSPS) is 10.6. The highest BCUT2D eigenvalue weighted by Gasteiger charge is 2.14. The Labute approximate surface area is 162 Å². The van der Waals surface area contributed by atoms with Crippen molar-refractivity contribution in [2.24, 2.45) is 0 Å². The molecule has 7 heteroatoms. The Morgan fingerprint density at radius 1 is 1.26 bits per heavy atom. The average Bonchev–Trinajstić information content (AvgIpc) is 3.30. The van der Waals surface area contributed by atoms with Crippen LogP contribution in [0.3, 0.4) is 0 Å². The lowest BCUT2D eigenvalue weighted by atomic mass is 10.1. The van der Waals surface area contributed by atoms with Gasteiger partial charge in [-0.3, -0.25) is 4.79 Å². The lowest BCUT2D eigenvalue weighted by molar-refractivity contribution is 0.0953. The molecular weight excluding hydrogens is 364 g/mol. The maximum absolute atomic E-state index is 12.4. The van der Waals surface area contributed by atoms with Crippen LogP contribution in [0.25, 0.3) is 0 Å². The summed E-state index contributed by atoms with van der Waals surface area (Å²) in [6.45, 7) is 4.63. The summed E-state index contributed by atoms with van der Waals surface area (Å²) in [7, 11) is 1.55. The summed E-state index contributed by atoms with van der Waals surface area (Å²) in [5.74, 6) is 1.66. The van der Waals surface area contributed by atoms with Gasteiger partial charge in [0.2, 0.25) is 0 Å². The van der Waals surface area contributed by atoms with E-state index in [4.69, 9.17) is 14.0 Å². The number of rotatable bonds is 8. The molecule has 1 N–H and O–H groups in total. The van der Waals surface area contributed by atoms with Gasteiger partial charge in [0, 0.05) is 17.0 Å². The SMILES string of the molecule is COc1cc(C(=O)NCCc2cccs2)ccc1OCc1c(C)noc1C. The minimum absolute atomic E-state index is 0.137. The molecule has 0 aliphatic rings. The first-order valence-corrected chi connectivity index (χ1v) is 9.49. The van der Waals surface area contributed by atoms with Gasteiger partial charge in [0.1, 0.15) is 12.4 Å². The van der Waals surface area contributed by atoms with Crippen LogP contribution in [0, 0.1) is 13.8 Å². The van der Waals surface area contributed by atoms with Crippen LogP contribution in [0.15, 0.2) is 40.2 Å². The van der Waals surface area contributed by atoms with E-state index in [1.54, 1.807) is 36.6 Å². The van der Waals surface area contributed by atoms with E-state index in [9.17, 15) is 4.79 Å². The number of ether oxygens (including phenoxy) is 2. The number of aromatic nitrogens is 1. The zero-order valence-corrected chi connectivity index (χ0v) is 16.4. The van der Waals surface area contributed by atoms with Gasteiger partial charge in [-0.2, -0.15) is 0 Å². The van der Waals surface area contributed by atoms with Crippen LogP contribution < -0.4 is 14.8 Å². The molecule has 27 heavy (non-hydrogen) atoms. The van der Waals surface area contributed by atoms with E-state index in [1.165, 1.54) is 4.88 Å². The number of methoxy groups -OCH3 is 1. The zero-order chi connectivity index (χ0) is 19.2. The Balaban J connectivity index is 1.62. The molecular formula is C20H22N2O4S. The van der Waals surface area contributed by atoms with Gasteiger partial charge in [-0.1, -0.05) is 11.2 Å². The van der Waals surface area contributed by atoms with Crippen LogP contribution in [0.2, 0.25) is 0 Å². The highest BCUT2D eigenvalue weighted by molar-refractivity contribution is 7.09. The summed E-state index contributed by atoms with van der Waals surface area (Å²) in [6.07, 6.45) is 0.819. The van der Waals surface area contributed by atoms with Crippen LogP contribution >= 0.6 is 11.3 Å². The number of thiophene rings is 1. The van der Waals surface area contributed by atoms with E-state index in [-0.39, 0.29) is 5.91 Å². The molecule has 0 saturated carbocycles. The number of carbonyl (C=O) groups excluding carboxylic acids is 1. The van der Waals surface area contributed by atoms with Crippen LogP contribution in [0.5, 0.6) is 11.5 Å². The number of hydrogen-bond acceptors (Lipinski definition) is 6. The molecule has 0 atom stereocenters. The molecule has 2 aromatic heterocycles. The number of aryl methyl sites for hydroxylation is 2. The summed E-state index contributed by atoms with van der Waals surface area (Å²) in [6, 6.07) is 9.22. The molecule has 0 saturated heterocycles. The maximum atomic E-state index is 12.4. The quantitative estimate of drug-likeness (QED) is 0.635. The second-order valence-corrected chi connectivity index (χ2v) is 7.07. The fourth-order valence-electron chi connectivity index (χ4n) is 2.64. The van der Waals surface area contributed by atoms with Crippen molar-refractivity contribution in [1.82, 2.24) is 10.5 Å². The Kier molecular flexibility index (Phi) is 6.13. The molecule has 1 aromatic carbocycles. The van der Waals surface area contributed by atoms with Gasteiger partial charge in [0.05, 0.1) is 18.4 Å². The largest absolute Gasteiger partial charge is 0.493 e. The predicted octanol–water partition coefficient (Wildman–Crippen LogP) is 3.91. The van der Waals surface area contributed by atoms with Crippen molar-refractivity contribution in [2.45, 2.75) is 26.9 Å². The van der Waals surface area contributed by atoms with Gasteiger partial charge in [0.15, 0.2) is 11.5 Å². The topological polar surface area (TPSA) is 73.6 Å². The third-order valence-corrected chi connectivity index (χ3v) is 5.15. The second kappa shape index (κ2) is 8.73. The molecule has 0 bridgehead atoms. The number of amides is 1. The van der Waals surface area contributed by atoms with Gasteiger partial charge >= 0.3 is 0 Å². The molecule has 3 aromatic rings. The average molecular weight is 386 g/mol. The first-order chi connectivity index (χ1) is 13.1. The monoisotopic (exact) mass is 386 g/mol. The number of benzene rings is 1. The molecule has 0 fully saturated rings. The molecule has 142 valence electrons. The smallest absolute Gasteiger partial charge is 0.251 e. The molecule has 3 rings (SSSR count). The van der Waals surface area contributed by atoms with Crippen LogP contribution in [0.4, 0.5) is 0 Å². The van der Waals surface area contributed by atoms with Crippen molar-refractivity contribution in [3.05, 3.63) is 63.2 Å². The first kappa shape index (κ1) is 19.0. The summed E-state index contributed by atoms with van der Waals surface area (Å²) in [5.41, 5.74) is 2.24. The van der Waals surface area contributed by atoms with Crippen molar-refractivity contribution in [3.8, 4) is 11.5 Å². The molecule has 0 aliphatic carbocycles. The van der Waals surface area contributed by atoms with Gasteiger partial charge in [-0.15, -0.1) is 11.3 Å². The van der Waals surface area contributed by atoms with Gasteiger partial charge in [-0.25, -0.2) is 0 Å². The van der Waals surface area contributed by atoms with E-state index in [0.29, 0.717) is 30.2 Å². The molecule has 0 radical (unpaired) electrons. The number of carbonyl (C=O) groups is 1. The Bertz CT molecular complexity index is 883. The fraction of sp³-hybridized carbons (Fsp3) is 0.300. The van der Waals surface area contributed by atoms with E-state index in [2.05, 4.69) is 16.5 Å². The molecule has 0 unspecified atom stereocenters. The molecule has 0 aliphatic heterocycles. The first-order valence-electron chi connectivity index (χ1n) is 8.61. The van der Waals surface area contributed by atoms with Crippen LogP contribution in [0.1, 0.15) is 32.3 Å². The number of nitrogens with zero attached hydrogens (tertiary/aromatic N) is 1. The minimum Gasteiger partial charge on any atom is -0.493 e. The summed E-state index contributed by atoms with van der Waals surface area (Å²) >= 11 is 1.69. The van der Waals surface area contributed by atoms with Gasteiger partial charge < -0.3 is 19.3 Å². The van der Waals surface area contributed by atoms with Crippen molar-refractivity contribution >= 4 is 17.2 Å². The highest BCUT2D eigenvalue weighted by atomic mass is 32.1. The number of nitrogens with one attached hydrogen (secondary N) is 1. The summed E-state index contributed by atoms with van der Waals surface area (Å²) < 4.78 is 16.4. The molecule has 6 nitrogen and oxygen atoms in total. The summed E-state index contributed by atoms with van der Waals surface area (Å²) in [4.78, 5) is 13.6. The molecule has 1 amide bonds. The molecule has 0 spiro atoms. The van der Waals surface area contributed by atoms with Crippen LogP contribution in [-0.4, -0.2) is 24.7 Å². The Hall–Kier alpha value is -2.80. The fourth-order valence-corrected chi connectivity index (χ4v) is 3.35. The van der Waals surface area contributed by atoms with E-state index in [1.807, 2.05) is 25.3 Å². The standard InChI is InChI=1S/C20H22N2O4S/c1-13-17(14(2)26-22-13)12-25-18-7-6-15(11-19(18)24-3)20(23)21-9-8-16-5-4-10-27-16/h4-7,10-11H,8-9,12H2,1-3H3,(H,21,23). The Morgan fingerprint density at radius 2 is 2.11 bits per heavy atom. The lowest BCUT2D eigenvalue weighted by Gasteiger charge is -2.12. The van der Waals surface area contributed by atoms with E-state index in [0.717, 1.165) is 23.4 Å². The third kappa shape index (κ3) is 4.68. The van der Waals surface area contributed by atoms with E-state index >= 15 is 0 Å². The van der Waals surface area contributed by atoms with Crippen molar-refractivity contribution in [2.75, 3.05) is 13.7 Å². The van der Waals surface area contributed by atoms with Crippen molar-refractivity contribution in [3.63, 3.8) is 0 Å². The van der Waals surface area contributed by atoms with Gasteiger partial charge in [-0.05, 0) is 49.9 Å². The van der Waals surface area contributed by atoms with Crippen LogP contribution in [-0.2, 0) is 13.0 Å². The minimum atomic E-state index is -0.137. The highest BCUT2D eigenvalue weighted by Crippen LogP contribution is 2.29. The lowest BCUT2D eigenvalue weighted by Crippen LogP contribution is -2.25. The summed E-state index contributed by atoms with van der Waals surface area (Å²) in [5, 5.41) is 8.88.